The number of halogens is 1. The van der Waals surface area contributed by atoms with Crippen molar-refractivity contribution in [2.45, 2.75) is 26.2 Å². The number of carbonyl (C=O) groups is 2. The smallest absolute Gasteiger partial charge is 0.337 e. The quantitative estimate of drug-likeness (QED) is 0.796. The van der Waals surface area contributed by atoms with Crippen molar-refractivity contribution >= 4 is 17.6 Å². The third-order valence-corrected chi connectivity index (χ3v) is 4.09. The van der Waals surface area contributed by atoms with Crippen LogP contribution in [-0.2, 0) is 4.79 Å². The van der Waals surface area contributed by atoms with Gasteiger partial charge < -0.3 is 15.7 Å². The van der Waals surface area contributed by atoms with Crippen LogP contribution in [0.15, 0.2) is 18.2 Å². The van der Waals surface area contributed by atoms with E-state index in [1.807, 2.05) is 6.92 Å². The van der Waals surface area contributed by atoms with Crippen molar-refractivity contribution in [2.75, 3.05) is 18.4 Å². The van der Waals surface area contributed by atoms with E-state index in [9.17, 15) is 14.0 Å². The second-order valence-electron chi connectivity index (χ2n) is 5.36. The lowest BCUT2D eigenvalue weighted by Crippen LogP contribution is -2.47. The molecule has 0 saturated carbocycles. The first-order chi connectivity index (χ1) is 9.98. The summed E-state index contributed by atoms with van der Waals surface area (Å²) in [7, 11) is 0. The highest BCUT2D eigenvalue weighted by atomic mass is 19.1. The van der Waals surface area contributed by atoms with Gasteiger partial charge in [-0.25, -0.2) is 9.18 Å². The fourth-order valence-corrected chi connectivity index (χ4v) is 2.68. The van der Waals surface area contributed by atoms with E-state index in [0.717, 1.165) is 31.5 Å². The molecule has 1 aliphatic heterocycles. The summed E-state index contributed by atoms with van der Waals surface area (Å²) in [4.78, 5) is 23.7. The van der Waals surface area contributed by atoms with E-state index >= 15 is 0 Å². The number of carboxylic acids is 1. The average molecular weight is 294 g/mol. The van der Waals surface area contributed by atoms with Gasteiger partial charge in [-0.05, 0) is 44.0 Å². The number of nitrogens with one attached hydrogen (secondary N) is 2. The van der Waals surface area contributed by atoms with Crippen molar-refractivity contribution in [3.05, 3.63) is 29.6 Å². The van der Waals surface area contributed by atoms with E-state index < -0.39 is 17.2 Å². The summed E-state index contributed by atoms with van der Waals surface area (Å²) >= 11 is 0. The number of rotatable bonds is 4. The van der Waals surface area contributed by atoms with Crippen molar-refractivity contribution in [1.82, 2.24) is 5.32 Å². The number of amides is 1. The van der Waals surface area contributed by atoms with Crippen molar-refractivity contribution in [2.24, 2.45) is 5.41 Å². The van der Waals surface area contributed by atoms with E-state index in [2.05, 4.69) is 10.6 Å². The summed E-state index contributed by atoms with van der Waals surface area (Å²) in [6, 6.07) is 3.34. The molecule has 1 atom stereocenters. The largest absolute Gasteiger partial charge is 0.478 e. The first kappa shape index (κ1) is 15.4. The van der Waals surface area contributed by atoms with Crippen LogP contribution in [-0.4, -0.2) is 30.1 Å². The van der Waals surface area contributed by atoms with Gasteiger partial charge >= 0.3 is 5.97 Å². The van der Waals surface area contributed by atoms with Crippen molar-refractivity contribution in [3.63, 3.8) is 0 Å². The Morgan fingerprint density at radius 2 is 2.24 bits per heavy atom. The molecule has 6 heteroatoms. The van der Waals surface area contributed by atoms with E-state index in [1.165, 1.54) is 6.07 Å². The molecule has 1 unspecified atom stereocenters. The molecule has 21 heavy (non-hydrogen) atoms. The van der Waals surface area contributed by atoms with Gasteiger partial charge in [0.05, 0.1) is 16.7 Å². The van der Waals surface area contributed by atoms with Gasteiger partial charge in [-0.1, -0.05) is 6.92 Å². The Morgan fingerprint density at radius 1 is 1.48 bits per heavy atom. The van der Waals surface area contributed by atoms with Crippen LogP contribution >= 0.6 is 0 Å². The Balaban J connectivity index is 2.24. The first-order valence-corrected chi connectivity index (χ1v) is 7.03. The predicted octanol–water partition coefficient (Wildman–Crippen LogP) is 2.24. The zero-order valence-corrected chi connectivity index (χ0v) is 11.9. The van der Waals surface area contributed by atoms with E-state index in [4.69, 9.17) is 5.11 Å². The topological polar surface area (TPSA) is 78.4 Å². The molecule has 114 valence electrons. The first-order valence-electron chi connectivity index (χ1n) is 7.03. The van der Waals surface area contributed by atoms with Gasteiger partial charge in [-0.2, -0.15) is 0 Å². The molecule has 1 heterocycles. The maximum Gasteiger partial charge on any atom is 0.337 e. The molecular formula is C15H19FN2O3. The standard InChI is InChI=1S/C15H19FN2O3/c1-2-15(6-3-7-17-9-15)14(21)18-12-5-4-10(16)8-11(12)13(19)20/h4-5,8,17H,2-3,6-7,9H2,1H3,(H,18,21)(H,19,20). The second-order valence-corrected chi connectivity index (χ2v) is 5.36. The molecule has 3 N–H and O–H groups in total. The number of carboxylic acid groups (broad SMARTS) is 1. The van der Waals surface area contributed by atoms with Crippen LogP contribution in [0.1, 0.15) is 36.5 Å². The molecule has 1 aromatic carbocycles. The molecule has 1 fully saturated rings. The Hall–Kier alpha value is -1.95. The molecule has 0 radical (unpaired) electrons. The molecule has 0 spiro atoms. The Kier molecular flexibility index (Phi) is 4.57. The van der Waals surface area contributed by atoms with Crippen LogP contribution in [0.4, 0.5) is 10.1 Å². The highest BCUT2D eigenvalue weighted by Crippen LogP contribution is 2.32. The highest BCUT2D eigenvalue weighted by molar-refractivity contribution is 6.02. The normalized spacial score (nSPS) is 21.8. The summed E-state index contributed by atoms with van der Waals surface area (Å²) in [6.07, 6.45) is 2.32. The molecule has 0 aromatic heterocycles. The molecule has 2 rings (SSSR count). The average Bonchev–Trinajstić information content (AvgIpc) is 2.49. The monoisotopic (exact) mass is 294 g/mol. The third kappa shape index (κ3) is 3.21. The zero-order chi connectivity index (χ0) is 15.5. The molecular weight excluding hydrogens is 275 g/mol. The minimum absolute atomic E-state index is 0.132. The van der Waals surface area contributed by atoms with Crippen LogP contribution in [0.25, 0.3) is 0 Å². The third-order valence-electron chi connectivity index (χ3n) is 4.09. The van der Waals surface area contributed by atoms with Crippen LogP contribution in [0.5, 0.6) is 0 Å². The Morgan fingerprint density at radius 3 is 2.81 bits per heavy atom. The molecule has 0 bridgehead atoms. The molecule has 1 amide bonds. The lowest BCUT2D eigenvalue weighted by molar-refractivity contribution is -0.126. The van der Waals surface area contributed by atoms with Crippen molar-refractivity contribution in [1.29, 1.82) is 0 Å². The number of hydrogen-bond acceptors (Lipinski definition) is 3. The highest BCUT2D eigenvalue weighted by Gasteiger charge is 2.38. The summed E-state index contributed by atoms with van der Waals surface area (Å²) in [5.41, 5.74) is -0.645. The van der Waals surface area contributed by atoms with Gasteiger partial charge in [0, 0.05) is 6.54 Å². The fraction of sp³-hybridized carbons (Fsp3) is 0.467. The van der Waals surface area contributed by atoms with Gasteiger partial charge in [0.1, 0.15) is 5.82 Å². The predicted molar refractivity (Wildman–Crippen MR) is 76.8 cm³/mol. The number of hydrogen-bond donors (Lipinski definition) is 3. The van der Waals surface area contributed by atoms with Crippen LogP contribution in [0.3, 0.4) is 0 Å². The minimum atomic E-state index is -1.27. The van der Waals surface area contributed by atoms with Crippen LogP contribution in [0.2, 0.25) is 0 Å². The zero-order valence-electron chi connectivity index (χ0n) is 11.9. The van der Waals surface area contributed by atoms with E-state index in [0.29, 0.717) is 13.0 Å². The van der Waals surface area contributed by atoms with Gasteiger partial charge in [-0.3, -0.25) is 4.79 Å². The van der Waals surface area contributed by atoms with Gasteiger partial charge in [0.15, 0.2) is 0 Å². The number of anilines is 1. The molecule has 1 aliphatic rings. The lowest BCUT2D eigenvalue weighted by atomic mass is 9.77. The van der Waals surface area contributed by atoms with Gasteiger partial charge in [0.25, 0.3) is 0 Å². The molecule has 1 aromatic rings. The van der Waals surface area contributed by atoms with E-state index in [1.54, 1.807) is 0 Å². The van der Waals surface area contributed by atoms with Gasteiger partial charge in [-0.15, -0.1) is 0 Å². The fourth-order valence-electron chi connectivity index (χ4n) is 2.68. The molecule has 5 nitrogen and oxygen atoms in total. The molecule has 1 saturated heterocycles. The second kappa shape index (κ2) is 6.22. The number of aromatic carboxylic acids is 1. The Labute approximate surface area is 122 Å². The van der Waals surface area contributed by atoms with Crippen molar-refractivity contribution < 1.29 is 19.1 Å². The number of piperidine rings is 1. The summed E-state index contributed by atoms with van der Waals surface area (Å²) < 4.78 is 13.2. The maximum atomic E-state index is 13.2. The SMILES string of the molecule is CCC1(C(=O)Nc2ccc(F)cc2C(=O)O)CCCNC1. The van der Waals surface area contributed by atoms with E-state index in [-0.39, 0.29) is 17.2 Å². The van der Waals surface area contributed by atoms with Crippen LogP contribution in [0, 0.1) is 11.2 Å². The van der Waals surface area contributed by atoms with Gasteiger partial charge in [0.2, 0.25) is 5.91 Å². The molecule has 0 aliphatic carbocycles. The van der Waals surface area contributed by atoms with Crippen LogP contribution < -0.4 is 10.6 Å². The summed E-state index contributed by atoms with van der Waals surface area (Å²) in [5.74, 6) is -2.13. The summed E-state index contributed by atoms with van der Waals surface area (Å²) in [6.45, 7) is 3.39. The number of benzene rings is 1. The maximum absolute atomic E-state index is 13.2. The Bertz CT molecular complexity index is 554. The number of carbonyl (C=O) groups excluding carboxylic acids is 1. The lowest BCUT2D eigenvalue weighted by Gasteiger charge is -2.35. The van der Waals surface area contributed by atoms with Crippen molar-refractivity contribution in [3.8, 4) is 0 Å². The minimum Gasteiger partial charge on any atom is -0.478 e. The summed E-state index contributed by atoms with van der Waals surface area (Å²) in [5, 5.41) is 15.0.